The maximum Gasteiger partial charge on any atom is 0.0597 e. The van der Waals surface area contributed by atoms with Gasteiger partial charge in [-0.25, -0.2) is 0 Å². The van der Waals surface area contributed by atoms with Crippen LogP contribution in [0, 0.1) is 0 Å². The molecule has 2 N–H and O–H groups in total. The first-order valence-corrected chi connectivity index (χ1v) is 3.37. The van der Waals surface area contributed by atoms with Crippen molar-refractivity contribution in [2.24, 2.45) is 5.14 Å². The molecule has 0 aliphatic heterocycles. The summed E-state index contributed by atoms with van der Waals surface area (Å²) in [6, 6.07) is 0. The molecular formula is CH4INS. The average molecular weight is 189 g/mol. The summed E-state index contributed by atoms with van der Waals surface area (Å²) in [6.45, 7) is 0. The summed E-state index contributed by atoms with van der Waals surface area (Å²) in [5.41, 5.74) is 0. The lowest BCUT2D eigenvalue weighted by Crippen LogP contribution is -1.70. The van der Waals surface area contributed by atoms with Crippen LogP contribution in [0.2, 0.25) is 0 Å². The van der Waals surface area contributed by atoms with Gasteiger partial charge in [0.25, 0.3) is 0 Å². The molecule has 0 spiro atoms. The van der Waals surface area contributed by atoms with Gasteiger partial charge in [-0.3, -0.25) is 5.14 Å². The van der Waals surface area contributed by atoms with Gasteiger partial charge in [-0.2, -0.15) is 0 Å². The van der Waals surface area contributed by atoms with Crippen LogP contribution >= 0.6 is 34.5 Å². The van der Waals surface area contributed by atoms with Crippen molar-refractivity contribution in [2.45, 2.75) is 0 Å². The second kappa shape index (κ2) is 4.04. The monoisotopic (exact) mass is 189 g/mol. The summed E-state index contributed by atoms with van der Waals surface area (Å²) in [5, 5.41) is 4.94. The van der Waals surface area contributed by atoms with E-state index in [0.717, 1.165) is 3.76 Å². The molecule has 3 heteroatoms. The van der Waals surface area contributed by atoms with Gasteiger partial charge in [-0.05, 0) is 0 Å². The molecule has 0 saturated heterocycles. The second-order valence-electron chi connectivity index (χ2n) is 0.276. The summed E-state index contributed by atoms with van der Waals surface area (Å²) in [4.78, 5) is 0. The van der Waals surface area contributed by atoms with Crippen molar-refractivity contribution in [3.63, 3.8) is 0 Å². The number of hydrogen-bond acceptors (Lipinski definition) is 2. The third kappa shape index (κ3) is 3.04. The van der Waals surface area contributed by atoms with E-state index in [9.17, 15) is 0 Å². The molecule has 0 aliphatic rings. The molecule has 0 atom stereocenters. The molecule has 0 fully saturated rings. The number of rotatable bonds is 1. The predicted molar refractivity (Wildman–Crippen MR) is 30.7 cm³/mol. The van der Waals surface area contributed by atoms with Crippen molar-refractivity contribution in [1.82, 2.24) is 0 Å². The van der Waals surface area contributed by atoms with Gasteiger partial charge in [0.05, 0.1) is 3.76 Å². The van der Waals surface area contributed by atoms with E-state index in [1.165, 1.54) is 11.9 Å². The molecule has 0 heterocycles. The molecular weight excluding hydrogens is 185 g/mol. The predicted octanol–water partition coefficient (Wildman–Crippen LogP) is 0.986. The van der Waals surface area contributed by atoms with Gasteiger partial charge in [0, 0.05) is 0 Å². The van der Waals surface area contributed by atoms with E-state index in [2.05, 4.69) is 22.6 Å². The number of alkyl halides is 1. The highest BCUT2D eigenvalue weighted by Gasteiger charge is 1.57. The summed E-state index contributed by atoms with van der Waals surface area (Å²) in [5.74, 6) is 0. The molecule has 0 radical (unpaired) electrons. The van der Waals surface area contributed by atoms with Gasteiger partial charge in [0.2, 0.25) is 0 Å². The molecule has 0 unspecified atom stereocenters. The Morgan fingerprint density at radius 2 is 2.25 bits per heavy atom. The number of halogens is 1. The molecule has 4 heavy (non-hydrogen) atoms. The van der Waals surface area contributed by atoms with Gasteiger partial charge < -0.3 is 0 Å². The second-order valence-corrected chi connectivity index (χ2v) is 2.70. The number of hydrogen-bond donors (Lipinski definition) is 1. The molecule has 0 amide bonds. The lowest BCUT2D eigenvalue weighted by atomic mass is 12.0. The van der Waals surface area contributed by atoms with E-state index in [4.69, 9.17) is 5.14 Å². The van der Waals surface area contributed by atoms with Gasteiger partial charge >= 0.3 is 0 Å². The normalized spacial score (nSPS) is 7.50. The number of nitrogens with two attached hydrogens (primary N) is 1. The minimum absolute atomic E-state index is 0.984. The SMILES string of the molecule is NSCI. The smallest absolute Gasteiger partial charge is 0.0597 e. The highest BCUT2D eigenvalue weighted by Crippen LogP contribution is 1.90. The van der Waals surface area contributed by atoms with Crippen molar-refractivity contribution in [3.8, 4) is 0 Å². The third-order valence-electron chi connectivity index (χ3n) is 0.0630. The molecule has 26 valence electrons. The minimum atomic E-state index is 0.984. The summed E-state index contributed by atoms with van der Waals surface area (Å²) in [6.07, 6.45) is 0. The van der Waals surface area contributed by atoms with Crippen LogP contribution in [0.15, 0.2) is 0 Å². The first kappa shape index (κ1) is 5.04. The van der Waals surface area contributed by atoms with Crippen molar-refractivity contribution in [1.29, 1.82) is 0 Å². The largest absolute Gasteiger partial charge is 0.277 e. The van der Waals surface area contributed by atoms with E-state index < -0.39 is 0 Å². The zero-order valence-corrected chi connectivity index (χ0v) is 5.04. The van der Waals surface area contributed by atoms with Gasteiger partial charge in [-0.15, -0.1) is 0 Å². The van der Waals surface area contributed by atoms with E-state index in [1.54, 1.807) is 0 Å². The van der Waals surface area contributed by atoms with Gasteiger partial charge in [0.15, 0.2) is 0 Å². The van der Waals surface area contributed by atoms with Crippen molar-refractivity contribution < 1.29 is 0 Å². The van der Waals surface area contributed by atoms with Crippen LogP contribution in [-0.2, 0) is 0 Å². The van der Waals surface area contributed by atoms with Crippen LogP contribution in [0.1, 0.15) is 0 Å². The Morgan fingerprint density at radius 1 is 2.00 bits per heavy atom. The highest BCUT2D eigenvalue weighted by atomic mass is 127. The molecule has 1 nitrogen and oxygen atoms in total. The lowest BCUT2D eigenvalue weighted by molar-refractivity contribution is 2.02. The highest BCUT2D eigenvalue weighted by molar-refractivity contribution is 14.1. The summed E-state index contributed by atoms with van der Waals surface area (Å²) in [7, 11) is 0. The zero-order valence-electron chi connectivity index (χ0n) is 2.07. The van der Waals surface area contributed by atoms with Crippen LogP contribution in [0.25, 0.3) is 0 Å². The molecule has 0 rings (SSSR count). The van der Waals surface area contributed by atoms with Crippen LogP contribution in [0.5, 0.6) is 0 Å². The average Bonchev–Trinajstić information content (AvgIpc) is 1.37. The fraction of sp³-hybridized carbons (Fsp3) is 1.00. The standard InChI is InChI=1S/CH4INS/c2-1-4-3/h1,3H2. The Balaban J connectivity index is 1.97. The van der Waals surface area contributed by atoms with Gasteiger partial charge in [0.1, 0.15) is 0 Å². The third-order valence-corrected chi connectivity index (χ3v) is 1.27. The van der Waals surface area contributed by atoms with E-state index in [1.807, 2.05) is 0 Å². The van der Waals surface area contributed by atoms with Crippen LogP contribution in [0.4, 0.5) is 0 Å². The Labute approximate surface area is 43.6 Å². The topological polar surface area (TPSA) is 26.0 Å². The fourth-order valence-corrected chi connectivity index (χ4v) is 0. The van der Waals surface area contributed by atoms with Crippen LogP contribution in [0.3, 0.4) is 0 Å². The minimum Gasteiger partial charge on any atom is -0.277 e. The van der Waals surface area contributed by atoms with Crippen LogP contribution in [-0.4, -0.2) is 3.76 Å². The first-order valence-electron chi connectivity index (χ1n) is 0.792. The van der Waals surface area contributed by atoms with E-state index >= 15 is 0 Å². The molecule has 0 aromatic carbocycles. The van der Waals surface area contributed by atoms with E-state index in [0.29, 0.717) is 0 Å². The summed E-state index contributed by atoms with van der Waals surface area (Å²) < 4.78 is 0.984. The molecule has 0 bridgehead atoms. The van der Waals surface area contributed by atoms with Crippen molar-refractivity contribution in [3.05, 3.63) is 0 Å². The van der Waals surface area contributed by atoms with E-state index in [-0.39, 0.29) is 0 Å². The Bertz CT molecular complexity index is 10.0. The Morgan fingerprint density at radius 3 is 2.25 bits per heavy atom. The lowest BCUT2D eigenvalue weighted by Gasteiger charge is -1.68. The maximum absolute atomic E-state index is 4.94. The summed E-state index contributed by atoms with van der Waals surface area (Å²) >= 11 is 3.53. The Kier molecular flexibility index (Phi) is 5.09. The molecule has 0 aromatic rings. The Hall–Kier alpha value is 1.04. The zero-order chi connectivity index (χ0) is 3.41. The molecule has 0 aromatic heterocycles. The first-order chi connectivity index (χ1) is 1.91. The van der Waals surface area contributed by atoms with Gasteiger partial charge in [-0.1, -0.05) is 34.5 Å². The molecule has 0 saturated carbocycles. The molecule has 0 aliphatic carbocycles. The maximum atomic E-state index is 4.94. The van der Waals surface area contributed by atoms with Crippen molar-refractivity contribution >= 4 is 34.5 Å². The quantitative estimate of drug-likeness (QED) is 0.378. The van der Waals surface area contributed by atoms with Crippen molar-refractivity contribution in [2.75, 3.05) is 3.76 Å². The van der Waals surface area contributed by atoms with Crippen LogP contribution < -0.4 is 5.14 Å². The fourth-order valence-electron chi connectivity index (χ4n) is 0.